The normalized spacial score (nSPS) is 12.3. The van der Waals surface area contributed by atoms with Gasteiger partial charge < -0.3 is 24.6 Å². The fourth-order valence-corrected chi connectivity index (χ4v) is 9.73. The summed E-state index contributed by atoms with van der Waals surface area (Å²) < 4.78 is 78.3. The van der Waals surface area contributed by atoms with E-state index in [1.54, 1.807) is 67.8 Å². The number of benzene rings is 4. The molecule has 5 rings (SSSR count). The summed E-state index contributed by atoms with van der Waals surface area (Å²) in [5, 5.41) is 24.2. The van der Waals surface area contributed by atoms with Gasteiger partial charge in [0.15, 0.2) is 0 Å². The number of carbonyl (C=O) groups is 1. The van der Waals surface area contributed by atoms with Gasteiger partial charge in [-0.25, -0.2) is 26.4 Å². The lowest BCUT2D eigenvalue weighted by molar-refractivity contribution is 0.191. The highest BCUT2D eigenvalue weighted by Gasteiger charge is 2.37. The first-order valence-corrected chi connectivity index (χ1v) is 20.2. The van der Waals surface area contributed by atoms with Crippen LogP contribution in [-0.2, 0) is 39.7 Å². The fourth-order valence-electron chi connectivity index (χ4n) is 5.32. The van der Waals surface area contributed by atoms with Crippen LogP contribution in [0.25, 0.3) is 11.4 Å². The number of nitrogens with zero attached hydrogens (tertiary/aromatic N) is 5. The van der Waals surface area contributed by atoms with E-state index in [4.69, 9.17) is 19.3 Å². The molecule has 0 bridgehead atoms. The quantitative estimate of drug-likeness (QED) is 0.112. The monoisotopic (exact) mass is 891 g/mol. The zero-order valence-corrected chi connectivity index (χ0v) is 33.4. The highest BCUT2D eigenvalue weighted by molar-refractivity contribution is 14.1. The molecule has 0 saturated heterocycles. The van der Waals surface area contributed by atoms with Gasteiger partial charge in [0, 0.05) is 29.2 Å². The van der Waals surface area contributed by atoms with Crippen molar-refractivity contribution in [3.8, 4) is 28.6 Å². The molecule has 1 aromatic heterocycles. The van der Waals surface area contributed by atoms with Crippen molar-refractivity contribution in [2.75, 3.05) is 27.9 Å². The van der Waals surface area contributed by atoms with E-state index < -0.39 is 42.0 Å². The first-order chi connectivity index (χ1) is 25.7. The van der Waals surface area contributed by atoms with E-state index in [0.717, 1.165) is 5.56 Å². The van der Waals surface area contributed by atoms with Gasteiger partial charge >= 0.3 is 6.09 Å². The number of methoxy groups -OCH3 is 3. The second-order valence-electron chi connectivity index (χ2n) is 11.9. The van der Waals surface area contributed by atoms with Gasteiger partial charge in [-0.15, -0.1) is 10.2 Å². The van der Waals surface area contributed by atoms with E-state index in [1.807, 2.05) is 34.7 Å². The Morgan fingerprint density at radius 3 is 1.80 bits per heavy atom. The molecule has 1 heterocycles. The summed E-state index contributed by atoms with van der Waals surface area (Å²) in [7, 11) is -4.78. The highest BCUT2D eigenvalue weighted by Crippen LogP contribution is 2.38. The topological polar surface area (TPSA) is 204 Å². The molecule has 0 aliphatic rings. The molecule has 0 aliphatic carbocycles. The molecule has 19 heteroatoms. The molecule has 0 aliphatic heterocycles. The highest BCUT2D eigenvalue weighted by atomic mass is 127. The predicted octanol–water partition coefficient (Wildman–Crippen LogP) is 4.34. The van der Waals surface area contributed by atoms with Gasteiger partial charge in [-0.3, -0.25) is 0 Å². The molecule has 1 atom stereocenters. The van der Waals surface area contributed by atoms with Crippen LogP contribution < -0.4 is 24.2 Å². The Labute approximate surface area is 326 Å². The Bertz CT molecular complexity index is 2240. The van der Waals surface area contributed by atoms with Gasteiger partial charge in [0.2, 0.25) is 25.9 Å². The molecule has 5 aromatic rings. The molecule has 0 unspecified atom stereocenters. The van der Waals surface area contributed by atoms with Crippen LogP contribution in [0, 0.1) is 3.57 Å². The molecule has 4 aromatic carbocycles. The van der Waals surface area contributed by atoms with E-state index >= 15 is 8.42 Å². The van der Waals surface area contributed by atoms with E-state index in [2.05, 4.69) is 25.4 Å². The van der Waals surface area contributed by atoms with E-state index in [-0.39, 0.29) is 37.6 Å². The van der Waals surface area contributed by atoms with Crippen LogP contribution in [0.4, 0.5) is 4.79 Å². The third-order valence-corrected chi connectivity index (χ3v) is 12.5. The fraction of sp³-hybridized carbons (Fsp3) is 0.257. The van der Waals surface area contributed by atoms with E-state index in [0.29, 0.717) is 31.9 Å². The first kappa shape index (κ1) is 40.4. The average Bonchev–Trinajstić information content (AvgIpc) is 3.62. The predicted molar refractivity (Wildman–Crippen MR) is 206 cm³/mol. The van der Waals surface area contributed by atoms with Crippen LogP contribution in [0.5, 0.6) is 17.2 Å². The number of halogens is 1. The maximum absolute atomic E-state index is 15.2. The van der Waals surface area contributed by atoms with Gasteiger partial charge in [-0.1, -0.05) is 36.4 Å². The molecule has 0 fully saturated rings. The summed E-state index contributed by atoms with van der Waals surface area (Å²) in [6.07, 6.45) is -1.35. The number of tetrazole rings is 1. The first-order valence-electron chi connectivity index (χ1n) is 16.2. The average molecular weight is 892 g/mol. The second-order valence-corrected chi connectivity index (χ2v) is 16.7. The molecule has 0 radical (unpaired) electrons. The standard InChI is InChI=1S/C35H38IN7O9S2/c1-23(38-35(44)45)19-37-53(46,47)31-18-17-30(36)32(34-39-41-43(40-34)22-26-9-15-29(52-4)16-10-26)33(31)54(48,49)42(20-24-5-11-27(50-2)12-6-24)21-25-7-13-28(51-3)14-8-25/h5-18,23,37-38H,19-22H2,1-4H3,(H,44,45)/t23-/m1/s1. The van der Waals surface area contributed by atoms with Crippen LogP contribution in [-0.4, -0.2) is 86.5 Å². The molecular formula is C35H38IN7O9S2. The van der Waals surface area contributed by atoms with Gasteiger partial charge in [-0.2, -0.15) is 9.10 Å². The van der Waals surface area contributed by atoms with Crippen molar-refractivity contribution in [3.63, 3.8) is 0 Å². The number of aromatic nitrogens is 4. The minimum atomic E-state index is -4.75. The van der Waals surface area contributed by atoms with Crippen molar-refractivity contribution in [3.05, 3.63) is 105 Å². The molecule has 0 spiro atoms. The SMILES string of the molecule is COc1ccc(CN(Cc2ccc(OC)cc2)S(=O)(=O)c2c(S(=O)(=O)NC[C@@H](C)NC(=O)O)ccc(I)c2-c2nnn(Cc3ccc(OC)cc3)n2)cc1. The Hall–Kier alpha value is -4.83. The summed E-state index contributed by atoms with van der Waals surface area (Å²) in [4.78, 5) is 11.3. The van der Waals surface area contributed by atoms with Gasteiger partial charge in [0.05, 0.1) is 33.4 Å². The maximum atomic E-state index is 15.2. The number of hydrogen-bond acceptors (Lipinski definition) is 11. The number of hydrogen-bond donors (Lipinski definition) is 3. The third-order valence-electron chi connectivity index (χ3n) is 8.10. The smallest absolute Gasteiger partial charge is 0.404 e. The summed E-state index contributed by atoms with van der Waals surface area (Å²) in [5.41, 5.74) is 1.92. The van der Waals surface area contributed by atoms with Crippen molar-refractivity contribution < 1.29 is 40.9 Å². The summed E-state index contributed by atoms with van der Waals surface area (Å²) in [6.45, 7) is 0.947. The van der Waals surface area contributed by atoms with Crippen LogP contribution in [0.2, 0.25) is 0 Å². The number of carboxylic acid groups (broad SMARTS) is 1. The third kappa shape index (κ3) is 9.82. The summed E-state index contributed by atoms with van der Waals surface area (Å²) in [5.74, 6) is 1.67. The molecule has 3 N–H and O–H groups in total. The van der Waals surface area contributed by atoms with Gasteiger partial charge in [-0.05, 0) is 99.9 Å². The van der Waals surface area contributed by atoms with E-state index in [1.165, 1.54) is 42.4 Å². The zero-order chi connectivity index (χ0) is 39.0. The van der Waals surface area contributed by atoms with Crippen LogP contribution in [0.1, 0.15) is 23.6 Å². The molecule has 16 nitrogen and oxygen atoms in total. The lowest BCUT2D eigenvalue weighted by Gasteiger charge is -2.26. The van der Waals surface area contributed by atoms with Crippen molar-refractivity contribution in [2.45, 2.75) is 42.4 Å². The van der Waals surface area contributed by atoms with Crippen LogP contribution in [0.3, 0.4) is 0 Å². The van der Waals surface area contributed by atoms with Gasteiger partial charge in [0.25, 0.3) is 0 Å². The van der Waals surface area contributed by atoms with Crippen molar-refractivity contribution >= 4 is 48.7 Å². The lowest BCUT2D eigenvalue weighted by atomic mass is 10.2. The largest absolute Gasteiger partial charge is 0.497 e. The Kier molecular flexibility index (Phi) is 13.1. The minimum absolute atomic E-state index is 0.0781. The Morgan fingerprint density at radius 1 is 0.815 bits per heavy atom. The molecule has 54 heavy (non-hydrogen) atoms. The molecular weight excluding hydrogens is 853 g/mol. The summed E-state index contributed by atoms with van der Waals surface area (Å²) in [6, 6.07) is 22.6. The minimum Gasteiger partial charge on any atom is -0.497 e. The maximum Gasteiger partial charge on any atom is 0.404 e. The lowest BCUT2D eigenvalue weighted by Crippen LogP contribution is -2.41. The number of rotatable bonds is 17. The molecule has 1 amide bonds. The van der Waals surface area contributed by atoms with E-state index in [9.17, 15) is 13.2 Å². The Balaban J connectivity index is 1.67. The zero-order valence-electron chi connectivity index (χ0n) is 29.6. The molecule has 286 valence electrons. The molecule has 0 saturated carbocycles. The number of ether oxygens (including phenoxy) is 3. The van der Waals surface area contributed by atoms with Crippen molar-refractivity contribution in [1.82, 2.24) is 34.6 Å². The van der Waals surface area contributed by atoms with Crippen LogP contribution >= 0.6 is 22.6 Å². The second kappa shape index (κ2) is 17.5. The van der Waals surface area contributed by atoms with Crippen LogP contribution in [0.15, 0.2) is 94.7 Å². The van der Waals surface area contributed by atoms with Gasteiger partial charge in [0.1, 0.15) is 27.0 Å². The number of nitrogens with one attached hydrogen (secondary N) is 2. The summed E-state index contributed by atoms with van der Waals surface area (Å²) >= 11 is 1.91. The number of sulfonamides is 2. The van der Waals surface area contributed by atoms with Crippen molar-refractivity contribution in [2.24, 2.45) is 0 Å². The number of amides is 1. The van der Waals surface area contributed by atoms with Crippen molar-refractivity contribution in [1.29, 1.82) is 0 Å². The Morgan fingerprint density at radius 2 is 1.31 bits per heavy atom.